The first kappa shape index (κ1) is 24.7. The molecule has 4 rings (SSSR count). The fraction of sp³-hybridized carbons (Fsp3) is 0.444. The van der Waals surface area contributed by atoms with Crippen molar-refractivity contribution in [2.24, 2.45) is 5.92 Å². The summed E-state index contributed by atoms with van der Waals surface area (Å²) in [4.78, 5) is 41.0. The second-order valence-corrected chi connectivity index (χ2v) is 9.72. The molecule has 8 nitrogen and oxygen atoms in total. The molecule has 2 aliphatic rings. The molecule has 1 saturated heterocycles. The van der Waals surface area contributed by atoms with E-state index in [1.807, 2.05) is 50.2 Å². The number of hydrogen-bond acceptors (Lipinski definition) is 5. The van der Waals surface area contributed by atoms with Crippen LogP contribution in [0.2, 0.25) is 0 Å². The number of aliphatic carboxylic acids is 1. The van der Waals surface area contributed by atoms with Crippen molar-refractivity contribution in [3.63, 3.8) is 0 Å². The van der Waals surface area contributed by atoms with Crippen molar-refractivity contribution < 1.29 is 24.2 Å². The minimum Gasteiger partial charge on any atom is -0.481 e. The number of nitrogens with zero attached hydrogens (tertiary/aromatic N) is 2. The van der Waals surface area contributed by atoms with Gasteiger partial charge in [0.05, 0.1) is 5.92 Å². The van der Waals surface area contributed by atoms with Gasteiger partial charge in [-0.2, -0.15) is 0 Å². The number of benzene rings is 2. The lowest BCUT2D eigenvalue weighted by Crippen LogP contribution is -2.57. The first-order chi connectivity index (χ1) is 16.8. The van der Waals surface area contributed by atoms with Crippen LogP contribution < -0.4 is 5.32 Å². The van der Waals surface area contributed by atoms with E-state index < -0.39 is 24.0 Å². The van der Waals surface area contributed by atoms with Gasteiger partial charge in [-0.1, -0.05) is 48.5 Å². The van der Waals surface area contributed by atoms with Gasteiger partial charge in [-0.25, -0.2) is 4.79 Å². The predicted molar refractivity (Wildman–Crippen MR) is 132 cm³/mol. The summed E-state index contributed by atoms with van der Waals surface area (Å²) < 4.78 is 5.65. The topological polar surface area (TPSA) is 99.2 Å². The maximum absolute atomic E-state index is 13.3. The summed E-state index contributed by atoms with van der Waals surface area (Å²) in [5.74, 6) is -1.56. The zero-order chi connectivity index (χ0) is 25.1. The Morgan fingerprint density at radius 1 is 1.09 bits per heavy atom. The van der Waals surface area contributed by atoms with Crippen LogP contribution in [0.4, 0.5) is 4.79 Å². The van der Waals surface area contributed by atoms with E-state index in [-0.39, 0.29) is 24.5 Å². The van der Waals surface area contributed by atoms with E-state index >= 15 is 0 Å². The Labute approximate surface area is 205 Å². The molecule has 1 heterocycles. The van der Waals surface area contributed by atoms with Crippen LogP contribution in [-0.2, 0) is 14.3 Å². The van der Waals surface area contributed by atoms with Gasteiger partial charge in [0, 0.05) is 25.0 Å². The van der Waals surface area contributed by atoms with Gasteiger partial charge in [0.2, 0.25) is 5.91 Å². The van der Waals surface area contributed by atoms with Gasteiger partial charge in [0.15, 0.2) is 0 Å². The number of alkyl carbamates (subject to hydrolysis) is 1. The number of ether oxygens (including phenoxy) is 1. The quantitative estimate of drug-likeness (QED) is 0.633. The van der Waals surface area contributed by atoms with Crippen LogP contribution in [0.15, 0.2) is 48.5 Å². The van der Waals surface area contributed by atoms with Crippen molar-refractivity contribution in [1.82, 2.24) is 15.1 Å². The molecule has 2 aromatic rings. The Hall–Kier alpha value is -3.39. The molecular weight excluding hydrogens is 446 g/mol. The van der Waals surface area contributed by atoms with Crippen molar-refractivity contribution in [3.05, 3.63) is 59.7 Å². The number of carbonyl (C=O) groups excluding carboxylic acids is 2. The first-order valence-electron chi connectivity index (χ1n) is 12.1. The molecule has 35 heavy (non-hydrogen) atoms. The number of nitrogens with one attached hydrogen (secondary N) is 1. The SMILES string of the molecule is CC1CC(C(=O)O)CCN1C(=O)[C@H](CN(C)C)NC(=O)OCC1c2ccccc2-c2ccccc21. The van der Waals surface area contributed by atoms with Gasteiger partial charge in [0.1, 0.15) is 12.6 Å². The number of carboxylic acids is 1. The lowest BCUT2D eigenvalue weighted by atomic mass is 9.91. The molecule has 8 heteroatoms. The zero-order valence-electron chi connectivity index (χ0n) is 20.4. The summed E-state index contributed by atoms with van der Waals surface area (Å²) in [5, 5.41) is 12.1. The third-order valence-corrected chi connectivity index (χ3v) is 6.99. The monoisotopic (exact) mass is 479 g/mol. The van der Waals surface area contributed by atoms with Gasteiger partial charge >= 0.3 is 12.1 Å². The fourth-order valence-corrected chi connectivity index (χ4v) is 5.26. The summed E-state index contributed by atoms with van der Waals surface area (Å²) in [7, 11) is 3.67. The van der Waals surface area contributed by atoms with Crippen molar-refractivity contribution in [2.75, 3.05) is 33.8 Å². The number of fused-ring (bicyclic) bond motifs is 3. The molecule has 2 amide bonds. The number of likely N-dealkylation sites (N-methyl/N-ethyl adjacent to an activating group) is 1. The van der Waals surface area contributed by atoms with Crippen LogP contribution in [0.5, 0.6) is 0 Å². The van der Waals surface area contributed by atoms with Gasteiger partial charge in [-0.05, 0) is 56.1 Å². The molecule has 1 aliphatic heterocycles. The van der Waals surface area contributed by atoms with Crippen molar-refractivity contribution in [3.8, 4) is 11.1 Å². The van der Waals surface area contributed by atoms with Gasteiger partial charge in [0.25, 0.3) is 0 Å². The smallest absolute Gasteiger partial charge is 0.407 e. The van der Waals surface area contributed by atoms with Crippen LogP contribution in [0.25, 0.3) is 11.1 Å². The Morgan fingerprint density at radius 2 is 1.69 bits per heavy atom. The van der Waals surface area contributed by atoms with Crippen molar-refractivity contribution in [2.45, 2.75) is 37.8 Å². The third kappa shape index (κ3) is 5.32. The molecule has 1 aliphatic carbocycles. The molecule has 2 unspecified atom stereocenters. The average molecular weight is 480 g/mol. The Kier molecular flexibility index (Phi) is 7.40. The molecule has 2 N–H and O–H groups in total. The van der Waals surface area contributed by atoms with Crippen LogP contribution in [0.1, 0.15) is 36.8 Å². The molecule has 0 spiro atoms. The molecule has 1 fully saturated rings. The highest BCUT2D eigenvalue weighted by molar-refractivity contribution is 5.86. The van der Waals surface area contributed by atoms with E-state index in [9.17, 15) is 19.5 Å². The molecule has 0 saturated carbocycles. The van der Waals surface area contributed by atoms with E-state index in [0.29, 0.717) is 25.9 Å². The minimum absolute atomic E-state index is 0.0637. The number of carbonyl (C=O) groups is 3. The summed E-state index contributed by atoms with van der Waals surface area (Å²) in [5.41, 5.74) is 4.54. The van der Waals surface area contributed by atoms with Crippen LogP contribution in [0.3, 0.4) is 0 Å². The lowest BCUT2D eigenvalue weighted by Gasteiger charge is -2.38. The maximum Gasteiger partial charge on any atom is 0.407 e. The molecule has 0 aromatic heterocycles. The van der Waals surface area contributed by atoms with E-state index in [4.69, 9.17) is 4.74 Å². The second-order valence-electron chi connectivity index (χ2n) is 9.72. The van der Waals surface area contributed by atoms with E-state index in [2.05, 4.69) is 29.6 Å². The lowest BCUT2D eigenvalue weighted by molar-refractivity contribution is -0.148. The first-order valence-corrected chi connectivity index (χ1v) is 12.1. The Bertz CT molecular complexity index is 1060. The largest absolute Gasteiger partial charge is 0.481 e. The Balaban J connectivity index is 1.42. The zero-order valence-corrected chi connectivity index (χ0v) is 20.4. The van der Waals surface area contributed by atoms with Crippen LogP contribution in [-0.4, -0.2) is 78.8 Å². The average Bonchev–Trinajstić information content (AvgIpc) is 3.15. The highest BCUT2D eigenvalue weighted by atomic mass is 16.5. The summed E-state index contributed by atoms with van der Waals surface area (Å²) in [6.45, 7) is 2.69. The number of piperidine rings is 1. The molecule has 0 radical (unpaired) electrons. The van der Waals surface area contributed by atoms with E-state index in [1.54, 1.807) is 4.90 Å². The molecular formula is C27H33N3O5. The summed E-state index contributed by atoms with van der Waals surface area (Å²) in [6.07, 6.45) is 0.172. The van der Waals surface area contributed by atoms with Crippen molar-refractivity contribution in [1.29, 1.82) is 0 Å². The minimum atomic E-state index is -0.828. The predicted octanol–water partition coefficient (Wildman–Crippen LogP) is 3.17. The van der Waals surface area contributed by atoms with Crippen LogP contribution in [0, 0.1) is 5.92 Å². The number of likely N-dealkylation sites (tertiary alicyclic amines) is 1. The van der Waals surface area contributed by atoms with Crippen molar-refractivity contribution >= 4 is 18.0 Å². The highest BCUT2D eigenvalue weighted by Crippen LogP contribution is 2.44. The van der Waals surface area contributed by atoms with E-state index in [1.165, 1.54) is 0 Å². The number of carboxylic acid groups (broad SMARTS) is 1. The van der Waals surface area contributed by atoms with Crippen LogP contribution >= 0.6 is 0 Å². The fourth-order valence-electron chi connectivity index (χ4n) is 5.26. The highest BCUT2D eigenvalue weighted by Gasteiger charge is 2.36. The third-order valence-electron chi connectivity index (χ3n) is 6.99. The molecule has 2 aromatic carbocycles. The Morgan fingerprint density at radius 3 is 2.23 bits per heavy atom. The summed E-state index contributed by atoms with van der Waals surface area (Å²) >= 11 is 0. The standard InChI is InChI=1S/C27H33N3O5/c1-17-14-18(26(32)33)12-13-30(17)25(31)24(15-29(2)3)28-27(34)35-16-23-21-10-6-4-8-19(21)20-9-5-7-11-22(20)23/h4-11,17-18,23-24H,12-16H2,1-3H3,(H,28,34)(H,32,33)/t17?,18?,24-/m0/s1. The molecule has 186 valence electrons. The maximum atomic E-state index is 13.3. The molecule has 3 atom stereocenters. The number of rotatable bonds is 7. The normalized spacial score (nSPS) is 20.2. The second kappa shape index (κ2) is 10.5. The summed E-state index contributed by atoms with van der Waals surface area (Å²) in [6, 6.07) is 15.2. The number of amides is 2. The van der Waals surface area contributed by atoms with Gasteiger partial charge in [-0.3, -0.25) is 9.59 Å². The number of hydrogen-bond donors (Lipinski definition) is 2. The van der Waals surface area contributed by atoms with E-state index in [0.717, 1.165) is 22.3 Å². The van der Waals surface area contributed by atoms with Gasteiger partial charge in [-0.15, -0.1) is 0 Å². The van der Waals surface area contributed by atoms with Gasteiger partial charge < -0.3 is 25.0 Å². The molecule has 0 bridgehead atoms.